The van der Waals surface area contributed by atoms with Crippen molar-refractivity contribution in [2.75, 3.05) is 0 Å². The third-order valence-electron chi connectivity index (χ3n) is 1.57. The zero-order valence-corrected chi connectivity index (χ0v) is 7.11. The molecule has 0 saturated heterocycles. The first kappa shape index (κ1) is 8.71. The highest BCUT2D eigenvalue weighted by Gasteiger charge is 2.07. The van der Waals surface area contributed by atoms with E-state index in [1.54, 1.807) is 25.2 Å². The fourth-order valence-corrected chi connectivity index (χ4v) is 1.05. The second-order valence-corrected chi connectivity index (χ2v) is 2.78. The summed E-state index contributed by atoms with van der Waals surface area (Å²) in [6, 6.07) is 0.0677. The summed E-state index contributed by atoms with van der Waals surface area (Å²) in [7, 11) is 0. The molecule has 1 atom stereocenters. The largest absolute Gasteiger partial charge is 0.478 e. The van der Waals surface area contributed by atoms with Crippen molar-refractivity contribution in [2.24, 2.45) is 4.99 Å². The second kappa shape index (κ2) is 3.34. The van der Waals surface area contributed by atoms with Crippen molar-refractivity contribution < 1.29 is 9.90 Å². The summed E-state index contributed by atoms with van der Waals surface area (Å²) < 4.78 is 0. The van der Waals surface area contributed by atoms with Crippen LogP contribution in [0.5, 0.6) is 0 Å². The Labute approximate surface area is 71.1 Å². The van der Waals surface area contributed by atoms with E-state index in [4.69, 9.17) is 5.11 Å². The molecule has 0 aliphatic carbocycles. The summed E-state index contributed by atoms with van der Waals surface area (Å²) in [6.45, 7) is 3.71. The number of carboxylic acid groups (broad SMARTS) is 1. The molecule has 1 aliphatic rings. The molecule has 3 nitrogen and oxygen atoms in total. The molecule has 1 aliphatic heterocycles. The number of aliphatic carboxylic acids is 1. The Kier molecular flexibility index (Phi) is 2.43. The topological polar surface area (TPSA) is 49.7 Å². The van der Waals surface area contributed by atoms with Crippen LogP contribution < -0.4 is 0 Å². The summed E-state index contributed by atoms with van der Waals surface area (Å²) in [6.07, 6.45) is 4.94. The van der Waals surface area contributed by atoms with Crippen LogP contribution in [0.4, 0.5) is 0 Å². The SMILES string of the molecule is CC1=NC(C)C=CC(C(=O)O)=C1. The van der Waals surface area contributed by atoms with Crippen molar-refractivity contribution >= 4 is 11.7 Å². The van der Waals surface area contributed by atoms with E-state index >= 15 is 0 Å². The summed E-state index contributed by atoms with van der Waals surface area (Å²) >= 11 is 0. The van der Waals surface area contributed by atoms with E-state index in [0.29, 0.717) is 5.57 Å². The number of allylic oxidation sites excluding steroid dienone is 1. The summed E-state index contributed by atoms with van der Waals surface area (Å²) in [5.41, 5.74) is 1.05. The maximum Gasteiger partial charge on any atom is 0.335 e. The van der Waals surface area contributed by atoms with Crippen molar-refractivity contribution in [2.45, 2.75) is 19.9 Å². The molecule has 0 saturated carbocycles. The van der Waals surface area contributed by atoms with Gasteiger partial charge in [0.05, 0.1) is 11.6 Å². The molecule has 0 aromatic heterocycles. The second-order valence-electron chi connectivity index (χ2n) is 2.78. The van der Waals surface area contributed by atoms with Crippen LogP contribution in [0.2, 0.25) is 0 Å². The van der Waals surface area contributed by atoms with Gasteiger partial charge in [0.25, 0.3) is 0 Å². The predicted molar refractivity (Wildman–Crippen MR) is 47.4 cm³/mol. The van der Waals surface area contributed by atoms with Crippen molar-refractivity contribution in [3.63, 3.8) is 0 Å². The minimum atomic E-state index is -0.908. The number of nitrogens with zero attached hydrogens (tertiary/aromatic N) is 1. The molecule has 0 amide bonds. The molecule has 0 radical (unpaired) electrons. The Morgan fingerprint density at radius 1 is 1.67 bits per heavy atom. The Hall–Kier alpha value is -1.38. The van der Waals surface area contributed by atoms with Crippen LogP contribution in [-0.4, -0.2) is 22.8 Å². The molecular weight excluding hydrogens is 154 g/mol. The van der Waals surface area contributed by atoms with Gasteiger partial charge in [-0.25, -0.2) is 4.79 Å². The molecule has 12 heavy (non-hydrogen) atoms. The molecule has 1 rings (SSSR count). The quantitative estimate of drug-likeness (QED) is 0.638. The van der Waals surface area contributed by atoms with Crippen molar-refractivity contribution in [3.8, 4) is 0 Å². The molecular formula is C9H11NO2. The van der Waals surface area contributed by atoms with Gasteiger partial charge in [-0.3, -0.25) is 4.99 Å². The van der Waals surface area contributed by atoms with E-state index in [-0.39, 0.29) is 6.04 Å². The molecule has 1 unspecified atom stereocenters. The average Bonchev–Trinajstić information content (AvgIpc) is 2.11. The summed E-state index contributed by atoms with van der Waals surface area (Å²) in [4.78, 5) is 14.8. The first-order valence-electron chi connectivity index (χ1n) is 3.77. The van der Waals surface area contributed by atoms with Gasteiger partial charge in [0, 0.05) is 5.71 Å². The molecule has 1 N–H and O–H groups in total. The standard InChI is InChI=1S/C9H11NO2/c1-6-3-4-8(9(11)12)5-7(2)10-6/h3-6H,1-2H3,(H,11,12). The van der Waals surface area contributed by atoms with Gasteiger partial charge >= 0.3 is 5.97 Å². The van der Waals surface area contributed by atoms with Crippen LogP contribution in [0.3, 0.4) is 0 Å². The van der Waals surface area contributed by atoms with E-state index < -0.39 is 5.97 Å². The van der Waals surface area contributed by atoms with Crippen LogP contribution in [0.1, 0.15) is 13.8 Å². The number of hydrogen-bond donors (Lipinski definition) is 1. The Bertz CT molecular complexity index is 287. The Balaban J connectivity index is 2.98. The highest BCUT2D eigenvalue weighted by molar-refractivity contribution is 6.02. The number of rotatable bonds is 1. The van der Waals surface area contributed by atoms with Crippen LogP contribution in [0.15, 0.2) is 28.8 Å². The fraction of sp³-hybridized carbons (Fsp3) is 0.333. The summed E-state index contributed by atoms with van der Waals surface area (Å²) in [5.74, 6) is -0.908. The van der Waals surface area contributed by atoms with Crippen LogP contribution in [0, 0.1) is 0 Å². The van der Waals surface area contributed by atoms with Crippen LogP contribution >= 0.6 is 0 Å². The molecule has 0 spiro atoms. The van der Waals surface area contributed by atoms with Crippen LogP contribution in [-0.2, 0) is 4.79 Å². The van der Waals surface area contributed by atoms with Crippen LogP contribution in [0.25, 0.3) is 0 Å². The van der Waals surface area contributed by atoms with Crippen molar-refractivity contribution in [1.82, 2.24) is 0 Å². The highest BCUT2D eigenvalue weighted by atomic mass is 16.4. The number of carbonyl (C=O) groups is 1. The third kappa shape index (κ3) is 2.05. The lowest BCUT2D eigenvalue weighted by atomic mass is 10.2. The molecule has 0 aromatic carbocycles. The predicted octanol–water partition coefficient (Wildman–Crippen LogP) is 1.42. The van der Waals surface area contributed by atoms with E-state index in [9.17, 15) is 4.79 Å². The van der Waals surface area contributed by atoms with E-state index in [0.717, 1.165) is 5.71 Å². The van der Waals surface area contributed by atoms with Crippen molar-refractivity contribution in [3.05, 3.63) is 23.8 Å². The van der Waals surface area contributed by atoms with Gasteiger partial charge in [0.2, 0.25) is 0 Å². The van der Waals surface area contributed by atoms with E-state index in [1.165, 1.54) is 0 Å². The van der Waals surface area contributed by atoms with Gasteiger partial charge in [-0.1, -0.05) is 6.08 Å². The number of hydrogen-bond acceptors (Lipinski definition) is 2. The smallest absolute Gasteiger partial charge is 0.335 e. The molecule has 0 bridgehead atoms. The molecule has 1 heterocycles. The van der Waals surface area contributed by atoms with Crippen molar-refractivity contribution in [1.29, 1.82) is 0 Å². The van der Waals surface area contributed by atoms with Gasteiger partial charge in [0.15, 0.2) is 0 Å². The Morgan fingerprint density at radius 2 is 2.33 bits per heavy atom. The molecule has 3 heteroatoms. The highest BCUT2D eigenvalue weighted by Crippen LogP contribution is 2.06. The van der Waals surface area contributed by atoms with Gasteiger partial charge in [-0.15, -0.1) is 0 Å². The Morgan fingerprint density at radius 3 is 2.92 bits per heavy atom. The van der Waals surface area contributed by atoms with E-state index in [1.807, 2.05) is 6.92 Å². The van der Waals surface area contributed by atoms with Gasteiger partial charge in [-0.2, -0.15) is 0 Å². The molecule has 0 fully saturated rings. The fourth-order valence-electron chi connectivity index (χ4n) is 1.05. The normalized spacial score (nSPS) is 22.7. The first-order valence-corrected chi connectivity index (χ1v) is 3.77. The third-order valence-corrected chi connectivity index (χ3v) is 1.57. The average molecular weight is 165 g/mol. The summed E-state index contributed by atoms with van der Waals surface area (Å²) in [5, 5.41) is 8.69. The minimum absolute atomic E-state index is 0.0677. The zero-order valence-electron chi connectivity index (χ0n) is 7.11. The lowest BCUT2D eigenvalue weighted by molar-refractivity contribution is -0.132. The first-order chi connectivity index (χ1) is 5.59. The van der Waals surface area contributed by atoms with E-state index in [2.05, 4.69) is 4.99 Å². The number of aliphatic imine (C=N–C) groups is 1. The molecule has 0 aromatic rings. The van der Waals surface area contributed by atoms with Gasteiger partial charge < -0.3 is 5.11 Å². The lowest BCUT2D eigenvalue weighted by Crippen LogP contribution is -1.99. The maximum absolute atomic E-state index is 10.6. The van der Waals surface area contributed by atoms with Gasteiger partial charge in [0.1, 0.15) is 0 Å². The maximum atomic E-state index is 10.6. The minimum Gasteiger partial charge on any atom is -0.478 e. The lowest BCUT2D eigenvalue weighted by Gasteiger charge is -1.95. The monoisotopic (exact) mass is 165 g/mol. The molecule has 64 valence electrons. The number of carboxylic acids is 1. The van der Waals surface area contributed by atoms with Gasteiger partial charge in [-0.05, 0) is 26.0 Å². The zero-order chi connectivity index (χ0) is 9.14.